The molecule has 1 atom stereocenters. The first kappa shape index (κ1) is 44.5. The number of anilines is 3. The third-order valence-corrected chi connectivity index (χ3v) is 16.0. The Labute approximate surface area is 439 Å². The van der Waals surface area contributed by atoms with E-state index in [1.165, 1.54) is 88.5 Å². The van der Waals surface area contributed by atoms with Gasteiger partial charge in [0.05, 0.1) is 5.41 Å². The highest BCUT2D eigenvalue weighted by atomic mass is 16.5. The van der Waals surface area contributed by atoms with Gasteiger partial charge in [-0.2, -0.15) is 0 Å². The van der Waals surface area contributed by atoms with Crippen molar-refractivity contribution in [3.05, 3.63) is 300 Å². The molecule has 356 valence electrons. The molecule has 75 heavy (non-hydrogen) atoms. The maximum atomic E-state index is 7.47. The van der Waals surface area contributed by atoms with Gasteiger partial charge < -0.3 is 9.64 Å². The van der Waals surface area contributed by atoms with Crippen molar-refractivity contribution < 1.29 is 4.74 Å². The van der Waals surface area contributed by atoms with E-state index in [2.05, 4.69) is 287 Å². The SMILES string of the molecule is Cc1ccc2c3c(ccc2c1)-c1cccc(-c2cccc(N(c4ccccc4)c4ccc5c(c4)C(c4ccccc4)(c4ccccc4)c4ccccc4-5)c2)c1-c1ccccc1-c1ccc2cc(C)ccc2c1[C@@H](C)O3. The molecule has 1 heterocycles. The first-order chi connectivity index (χ1) is 36.9. The van der Waals surface area contributed by atoms with Gasteiger partial charge in [0.2, 0.25) is 0 Å². The van der Waals surface area contributed by atoms with Crippen LogP contribution in [0.15, 0.2) is 261 Å². The van der Waals surface area contributed by atoms with Crippen molar-refractivity contribution in [1.82, 2.24) is 0 Å². The summed E-state index contributed by atoms with van der Waals surface area (Å²) in [4.78, 5) is 2.44. The Morgan fingerprint density at radius 1 is 0.360 bits per heavy atom. The van der Waals surface area contributed by atoms with Gasteiger partial charge in [-0.05, 0) is 152 Å². The molecule has 2 heteroatoms. The van der Waals surface area contributed by atoms with Crippen LogP contribution in [0.5, 0.6) is 5.75 Å². The van der Waals surface area contributed by atoms with E-state index in [-0.39, 0.29) is 6.10 Å². The van der Waals surface area contributed by atoms with Crippen LogP contribution in [0.2, 0.25) is 0 Å². The number of rotatable bonds is 6. The molecule has 0 unspecified atom stereocenters. The standard InChI is InChI=1S/C73H53NO/c1-47-33-38-59-51(43-47)35-40-66-61-27-13-14-29-64(61)71-58(30-18-31-65(71)67-41-36-52-44-48(2)34-39-60(52)72(67)75-49(3)70(59)66)50-19-17-26-56(45-50)74(55-24-11-6-12-25-55)57-37-42-63-62-28-15-16-32-68(62)73(69(63)46-57,53-20-7-4-8-21-53)54-22-9-5-10-23-54/h4-46,49H,1-3H3/t49-/m1/s1. The molecule has 0 bridgehead atoms. The summed E-state index contributed by atoms with van der Waals surface area (Å²) in [5.74, 6) is 0.901. The second-order valence-corrected chi connectivity index (χ2v) is 20.4. The fourth-order valence-electron chi connectivity index (χ4n) is 12.8. The molecule has 0 radical (unpaired) electrons. The lowest BCUT2D eigenvalue weighted by Crippen LogP contribution is -2.28. The van der Waals surface area contributed by atoms with Crippen LogP contribution < -0.4 is 9.64 Å². The van der Waals surface area contributed by atoms with Gasteiger partial charge in [-0.25, -0.2) is 0 Å². The Hall–Kier alpha value is -9.24. The first-order valence-corrected chi connectivity index (χ1v) is 26.2. The van der Waals surface area contributed by atoms with Crippen LogP contribution in [0.1, 0.15) is 52.0 Å². The normalized spacial score (nSPS) is 13.9. The molecule has 12 aromatic rings. The molecule has 0 spiro atoms. The Kier molecular flexibility index (Phi) is 10.5. The van der Waals surface area contributed by atoms with Crippen molar-refractivity contribution in [3.63, 3.8) is 0 Å². The minimum atomic E-state index is -0.536. The van der Waals surface area contributed by atoms with Gasteiger partial charge in [-0.3, -0.25) is 0 Å². The highest BCUT2D eigenvalue weighted by Gasteiger charge is 2.46. The largest absolute Gasteiger partial charge is 0.485 e. The van der Waals surface area contributed by atoms with Crippen LogP contribution in [0, 0.1) is 13.8 Å². The predicted octanol–water partition coefficient (Wildman–Crippen LogP) is 19.6. The third kappa shape index (κ3) is 7.08. The van der Waals surface area contributed by atoms with E-state index in [1.807, 2.05) is 0 Å². The van der Waals surface area contributed by atoms with Crippen molar-refractivity contribution in [2.24, 2.45) is 0 Å². The quantitative estimate of drug-likeness (QED) is 0.165. The Morgan fingerprint density at radius 3 is 1.63 bits per heavy atom. The number of ether oxygens (including phenoxy) is 1. The number of aryl methyl sites for hydroxylation is 2. The van der Waals surface area contributed by atoms with Gasteiger partial charge in [0.1, 0.15) is 11.9 Å². The minimum Gasteiger partial charge on any atom is -0.485 e. The molecule has 0 saturated carbocycles. The topological polar surface area (TPSA) is 12.5 Å². The maximum absolute atomic E-state index is 7.47. The summed E-state index contributed by atoms with van der Waals surface area (Å²) in [5.41, 5.74) is 23.1. The number of fused-ring (bicyclic) bond motifs is 14. The van der Waals surface area contributed by atoms with Crippen LogP contribution in [0.25, 0.3) is 77.2 Å². The fourth-order valence-corrected chi connectivity index (χ4v) is 12.8. The van der Waals surface area contributed by atoms with Gasteiger partial charge in [0.25, 0.3) is 0 Å². The van der Waals surface area contributed by atoms with Gasteiger partial charge in [0, 0.05) is 33.6 Å². The molecule has 0 N–H and O–H groups in total. The second kappa shape index (κ2) is 17.8. The van der Waals surface area contributed by atoms with Crippen LogP contribution in [-0.4, -0.2) is 0 Å². The smallest absolute Gasteiger partial charge is 0.135 e. The minimum absolute atomic E-state index is 0.255. The number of hydrogen-bond acceptors (Lipinski definition) is 2. The van der Waals surface area contributed by atoms with E-state index in [0.29, 0.717) is 0 Å². The van der Waals surface area contributed by atoms with Crippen LogP contribution in [0.4, 0.5) is 17.1 Å². The van der Waals surface area contributed by atoms with Crippen LogP contribution >= 0.6 is 0 Å². The highest BCUT2D eigenvalue weighted by Crippen LogP contribution is 2.58. The molecule has 12 aromatic carbocycles. The zero-order valence-corrected chi connectivity index (χ0v) is 42.3. The summed E-state index contributed by atoms with van der Waals surface area (Å²) < 4.78 is 7.47. The zero-order chi connectivity index (χ0) is 50.2. The average Bonchev–Trinajstić information content (AvgIpc) is 3.82. The molecular formula is C73H53NO. The summed E-state index contributed by atoms with van der Waals surface area (Å²) in [6, 6.07) is 96.8. The molecule has 14 rings (SSSR count). The number of benzene rings is 12. The average molecular weight is 960 g/mol. The molecule has 2 aliphatic rings. The summed E-state index contributed by atoms with van der Waals surface area (Å²) in [5, 5.41) is 4.70. The van der Waals surface area contributed by atoms with Gasteiger partial charge in [0.15, 0.2) is 0 Å². The zero-order valence-electron chi connectivity index (χ0n) is 42.3. The van der Waals surface area contributed by atoms with Crippen molar-refractivity contribution >= 4 is 38.6 Å². The van der Waals surface area contributed by atoms with Crippen LogP contribution in [-0.2, 0) is 5.41 Å². The third-order valence-electron chi connectivity index (χ3n) is 16.0. The van der Waals surface area contributed by atoms with E-state index in [9.17, 15) is 0 Å². The molecule has 1 aliphatic heterocycles. The molecule has 0 amide bonds. The number of nitrogens with zero attached hydrogens (tertiary/aromatic N) is 1. The van der Waals surface area contributed by atoms with Gasteiger partial charge >= 0.3 is 0 Å². The predicted molar refractivity (Wildman–Crippen MR) is 314 cm³/mol. The molecular weight excluding hydrogens is 907 g/mol. The number of hydrogen-bond donors (Lipinski definition) is 0. The second-order valence-electron chi connectivity index (χ2n) is 20.4. The summed E-state index contributed by atoms with van der Waals surface area (Å²) in [7, 11) is 0. The Balaban J connectivity index is 1.01. The molecule has 0 aromatic heterocycles. The van der Waals surface area contributed by atoms with Crippen molar-refractivity contribution in [2.75, 3.05) is 4.90 Å². The molecule has 2 nitrogen and oxygen atoms in total. The summed E-state index contributed by atoms with van der Waals surface area (Å²) in [6.45, 7) is 6.56. The molecule has 0 fully saturated rings. The van der Waals surface area contributed by atoms with E-state index < -0.39 is 5.41 Å². The monoisotopic (exact) mass is 959 g/mol. The van der Waals surface area contributed by atoms with E-state index >= 15 is 0 Å². The highest BCUT2D eigenvalue weighted by molar-refractivity contribution is 6.06. The Bertz CT molecular complexity index is 4150. The van der Waals surface area contributed by atoms with Crippen LogP contribution in [0.3, 0.4) is 0 Å². The lowest BCUT2D eigenvalue weighted by Gasteiger charge is -2.35. The van der Waals surface area contributed by atoms with Crippen molar-refractivity contribution in [1.29, 1.82) is 0 Å². The summed E-state index contributed by atoms with van der Waals surface area (Å²) >= 11 is 0. The van der Waals surface area contributed by atoms with Crippen molar-refractivity contribution in [3.8, 4) is 61.4 Å². The lowest BCUT2D eigenvalue weighted by molar-refractivity contribution is 0.233. The maximum Gasteiger partial charge on any atom is 0.135 e. The molecule has 1 aliphatic carbocycles. The fraction of sp³-hybridized carbons (Fsp3) is 0.0685. The lowest BCUT2D eigenvalue weighted by atomic mass is 9.67. The van der Waals surface area contributed by atoms with Gasteiger partial charge in [-0.15, -0.1) is 0 Å². The van der Waals surface area contributed by atoms with E-state index in [4.69, 9.17) is 4.74 Å². The number of para-hydroxylation sites is 1. The van der Waals surface area contributed by atoms with E-state index in [0.717, 1.165) is 50.5 Å². The van der Waals surface area contributed by atoms with Crippen molar-refractivity contribution in [2.45, 2.75) is 32.3 Å². The Morgan fingerprint density at radius 2 is 0.893 bits per heavy atom. The van der Waals surface area contributed by atoms with E-state index in [1.54, 1.807) is 0 Å². The summed E-state index contributed by atoms with van der Waals surface area (Å²) in [6.07, 6.45) is -0.255. The van der Waals surface area contributed by atoms with Gasteiger partial charge in [-0.1, -0.05) is 230 Å². The first-order valence-electron chi connectivity index (χ1n) is 26.2. The molecule has 0 saturated heterocycles.